The molecule has 0 heterocycles. The minimum atomic E-state index is -0.0515. The molecule has 100 valence electrons. The quantitative estimate of drug-likeness (QED) is 0.722. The summed E-state index contributed by atoms with van der Waals surface area (Å²) in [6.07, 6.45) is 3.30. The van der Waals surface area contributed by atoms with Gasteiger partial charge in [-0.25, -0.2) is 0 Å². The first-order valence-electron chi connectivity index (χ1n) is 6.41. The van der Waals surface area contributed by atoms with Crippen molar-refractivity contribution in [3.8, 4) is 11.5 Å². The molecule has 18 heavy (non-hydrogen) atoms. The van der Waals surface area contributed by atoms with Gasteiger partial charge in [0.15, 0.2) is 11.5 Å². The van der Waals surface area contributed by atoms with Crippen LogP contribution in [0.15, 0.2) is 24.3 Å². The summed E-state index contributed by atoms with van der Waals surface area (Å²) in [6.45, 7) is 1.52. The smallest absolute Gasteiger partial charge is 0.161 e. The summed E-state index contributed by atoms with van der Waals surface area (Å²) >= 11 is 0. The molecule has 2 N–H and O–H groups in total. The van der Waals surface area contributed by atoms with Crippen LogP contribution in [-0.2, 0) is 0 Å². The molecular formula is C14H21NO3. The lowest BCUT2D eigenvalue weighted by Crippen LogP contribution is -2.54. The van der Waals surface area contributed by atoms with E-state index in [9.17, 15) is 5.11 Å². The third kappa shape index (κ3) is 2.94. The lowest BCUT2D eigenvalue weighted by atomic mass is 9.77. The number of aliphatic hydroxyl groups is 1. The van der Waals surface area contributed by atoms with E-state index in [1.54, 1.807) is 7.11 Å². The highest BCUT2D eigenvalue weighted by Gasteiger charge is 2.35. The average molecular weight is 251 g/mol. The van der Waals surface area contributed by atoms with Crippen molar-refractivity contribution in [1.82, 2.24) is 5.32 Å². The standard InChI is InChI=1S/C14H21NO3/c1-17-12-5-2-3-6-13(12)18-10-9-15-14(11-16)7-4-8-14/h2-3,5-6,15-16H,4,7-11H2,1H3. The van der Waals surface area contributed by atoms with Crippen LogP contribution in [0.4, 0.5) is 0 Å². The van der Waals surface area contributed by atoms with Crippen molar-refractivity contribution in [2.24, 2.45) is 0 Å². The van der Waals surface area contributed by atoms with E-state index < -0.39 is 0 Å². The molecule has 0 aliphatic heterocycles. The Hall–Kier alpha value is -1.26. The molecule has 1 aromatic rings. The van der Waals surface area contributed by atoms with E-state index >= 15 is 0 Å². The van der Waals surface area contributed by atoms with E-state index in [0.717, 1.165) is 30.9 Å². The number of hydrogen-bond donors (Lipinski definition) is 2. The fourth-order valence-corrected chi connectivity index (χ4v) is 2.21. The van der Waals surface area contributed by atoms with Crippen molar-refractivity contribution >= 4 is 0 Å². The molecule has 0 spiro atoms. The van der Waals surface area contributed by atoms with Gasteiger partial charge < -0.3 is 19.9 Å². The Bertz CT molecular complexity index is 372. The number of para-hydroxylation sites is 2. The van der Waals surface area contributed by atoms with Gasteiger partial charge in [0, 0.05) is 12.1 Å². The van der Waals surface area contributed by atoms with Crippen LogP contribution in [-0.4, -0.2) is 37.5 Å². The number of aliphatic hydroxyl groups excluding tert-OH is 1. The van der Waals surface area contributed by atoms with Crippen LogP contribution < -0.4 is 14.8 Å². The van der Waals surface area contributed by atoms with Gasteiger partial charge in [-0.2, -0.15) is 0 Å². The van der Waals surface area contributed by atoms with Gasteiger partial charge in [0.25, 0.3) is 0 Å². The molecule has 0 amide bonds. The maximum atomic E-state index is 9.31. The minimum absolute atomic E-state index is 0.0515. The van der Waals surface area contributed by atoms with Crippen molar-refractivity contribution in [2.75, 3.05) is 26.9 Å². The third-order valence-electron chi connectivity index (χ3n) is 3.54. The Balaban J connectivity index is 1.75. The van der Waals surface area contributed by atoms with Gasteiger partial charge in [-0.1, -0.05) is 12.1 Å². The maximum absolute atomic E-state index is 9.31. The van der Waals surface area contributed by atoms with Gasteiger partial charge in [0.05, 0.1) is 13.7 Å². The molecule has 4 nitrogen and oxygen atoms in total. The molecule has 1 aromatic carbocycles. The topological polar surface area (TPSA) is 50.7 Å². The predicted molar refractivity (Wildman–Crippen MR) is 70.2 cm³/mol. The van der Waals surface area contributed by atoms with Gasteiger partial charge in [0.2, 0.25) is 0 Å². The van der Waals surface area contributed by atoms with Crippen LogP contribution >= 0.6 is 0 Å². The lowest BCUT2D eigenvalue weighted by molar-refractivity contribution is 0.0846. The summed E-state index contributed by atoms with van der Waals surface area (Å²) in [5.74, 6) is 1.51. The Morgan fingerprint density at radius 2 is 2.00 bits per heavy atom. The zero-order valence-corrected chi connectivity index (χ0v) is 10.8. The van der Waals surface area contributed by atoms with Crippen molar-refractivity contribution in [3.05, 3.63) is 24.3 Å². The van der Waals surface area contributed by atoms with Gasteiger partial charge >= 0.3 is 0 Å². The van der Waals surface area contributed by atoms with E-state index in [2.05, 4.69) is 5.32 Å². The fraction of sp³-hybridized carbons (Fsp3) is 0.571. The zero-order chi connectivity index (χ0) is 12.8. The number of nitrogens with one attached hydrogen (secondary N) is 1. The summed E-state index contributed by atoms with van der Waals surface area (Å²) in [5, 5.41) is 12.7. The van der Waals surface area contributed by atoms with Crippen LogP contribution in [0.1, 0.15) is 19.3 Å². The van der Waals surface area contributed by atoms with E-state index in [1.165, 1.54) is 6.42 Å². The van der Waals surface area contributed by atoms with Crippen LogP contribution in [0.2, 0.25) is 0 Å². The van der Waals surface area contributed by atoms with Crippen molar-refractivity contribution in [3.63, 3.8) is 0 Å². The van der Waals surface area contributed by atoms with E-state index in [4.69, 9.17) is 9.47 Å². The molecule has 1 saturated carbocycles. The monoisotopic (exact) mass is 251 g/mol. The Kier molecular flexibility index (Phi) is 4.44. The van der Waals surface area contributed by atoms with Gasteiger partial charge in [-0.05, 0) is 31.4 Å². The average Bonchev–Trinajstić information content (AvgIpc) is 2.37. The minimum Gasteiger partial charge on any atom is -0.493 e. The van der Waals surface area contributed by atoms with Gasteiger partial charge in [0.1, 0.15) is 6.61 Å². The molecule has 1 aliphatic rings. The molecule has 4 heteroatoms. The highest BCUT2D eigenvalue weighted by molar-refractivity contribution is 5.39. The van der Waals surface area contributed by atoms with Gasteiger partial charge in [-0.15, -0.1) is 0 Å². The highest BCUT2D eigenvalue weighted by atomic mass is 16.5. The molecule has 0 radical (unpaired) electrons. The van der Waals surface area contributed by atoms with E-state index in [-0.39, 0.29) is 12.1 Å². The van der Waals surface area contributed by atoms with Crippen LogP contribution in [0, 0.1) is 0 Å². The number of hydrogen-bond acceptors (Lipinski definition) is 4. The van der Waals surface area contributed by atoms with Crippen LogP contribution in [0.5, 0.6) is 11.5 Å². The third-order valence-corrected chi connectivity index (χ3v) is 3.54. The highest BCUT2D eigenvalue weighted by Crippen LogP contribution is 2.31. The SMILES string of the molecule is COc1ccccc1OCCNC1(CO)CCC1. The molecule has 1 fully saturated rings. The first kappa shape index (κ1) is 13.2. The Labute approximate surface area is 108 Å². The van der Waals surface area contributed by atoms with Crippen molar-refractivity contribution < 1.29 is 14.6 Å². The predicted octanol–water partition coefficient (Wildman–Crippen LogP) is 1.58. The second-order valence-corrected chi connectivity index (χ2v) is 4.72. The molecule has 2 rings (SSSR count). The normalized spacial score (nSPS) is 17.0. The molecule has 0 unspecified atom stereocenters. The van der Waals surface area contributed by atoms with E-state index in [1.807, 2.05) is 24.3 Å². The van der Waals surface area contributed by atoms with Crippen LogP contribution in [0.25, 0.3) is 0 Å². The molecule has 0 atom stereocenters. The van der Waals surface area contributed by atoms with Gasteiger partial charge in [-0.3, -0.25) is 0 Å². The number of rotatable bonds is 7. The largest absolute Gasteiger partial charge is 0.493 e. The van der Waals surface area contributed by atoms with Crippen molar-refractivity contribution in [2.45, 2.75) is 24.8 Å². The molecular weight excluding hydrogens is 230 g/mol. The molecule has 0 aromatic heterocycles. The maximum Gasteiger partial charge on any atom is 0.161 e. The fourth-order valence-electron chi connectivity index (χ4n) is 2.21. The summed E-state index contributed by atoms with van der Waals surface area (Å²) in [5.41, 5.74) is -0.0515. The second kappa shape index (κ2) is 6.07. The number of benzene rings is 1. The Morgan fingerprint density at radius 1 is 1.28 bits per heavy atom. The second-order valence-electron chi connectivity index (χ2n) is 4.72. The van der Waals surface area contributed by atoms with Crippen LogP contribution in [0.3, 0.4) is 0 Å². The number of ether oxygens (including phenoxy) is 2. The molecule has 0 bridgehead atoms. The first-order valence-corrected chi connectivity index (χ1v) is 6.41. The zero-order valence-electron chi connectivity index (χ0n) is 10.8. The summed E-state index contributed by atoms with van der Waals surface area (Å²) in [6, 6.07) is 7.61. The lowest BCUT2D eigenvalue weighted by Gasteiger charge is -2.41. The van der Waals surface area contributed by atoms with Crippen molar-refractivity contribution in [1.29, 1.82) is 0 Å². The van der Waals surface area contributed by atoms with E-state index in [0.29, 0.717) is 6.61 Å². The molecule has 1 aliphatic carbocycles. The summed E-state index contributed by atoms with van der Waals surface area (Å²) < 4.78 is 10.9. The summed E-state index contributed by atoms with van der Waals surface area (Å²) in [4.78, 5) is 0. The first-order chi connectivity index (χ1) is 8.79. The number of methoxy groups -OCH3 is 1. The Morgan fingerprint density at radius 3 is 2.56 bits per heavy atom. The summed E-state index contributed by atoms with van der Waals surface area (Å²) in [7, 11) is 1.63. The molecule has 0 saturated heterocycles.